The number of nitrogens with one attached hydrogen (secondary N) is 2. The first kappa shape index (κ1) is 35.3. The molecule has 2 heterocycles. The van der Waals surface area contributed by atoms with E-state index in [-0.39, 0.29) is 33.3 Å². The van der Waals surface area contributed by atoms with Gasteiger partial charge in [0.15, 0.2) is 9.84 Å². The molecule has 2 aromatic heterocycles. The average Bonchev–Trinajstić information content (AvgIpc) is 3.53. The minimum Gasteiger partial charge on any atom is -0.289 e. The van der Waals surface area contributed by atoms with Crippen LogP contribution in [-0.2, 0) is 23.9 Å². The third kappa shape index (κ3) is 7.73. The van der Waals surface area contributed by atoms with Crippen LogP contribution in [0.15, 0.2) is 21.9 Å². The minimum atomic E-state index is -3.86. The number of halogens is 6. The zero-order valence-electron chi connectivity index (χ0n) is 22.9. The van der Waals surface area contributed by atoms with Gasteiger partial charge in [0, 0.05) is 19.0 Å². The van der Waals surface area contributed by atoms with Crippen molar-refractivity contribution >= 4 is 91.7 Å². The molecule has 0 saturated carbocycles. The molecule has 44 heavy (non-hydrogen) atoms. The molecule has 0 radical (unpaired) electrons. The fraction of sp³-hybridized carbons (Fsp3) is 0.273. The topological polar surface area (TPSA) is 180 Å². The fourth-order valence-corrected chi connectivity index (χ4v) is 7.07. The zero-order chi connectivity index (χ0) is 32.9. The van der Waals surface area contributed by atoms with Crippen molar-refractivity contribution in [3.8, 4) is 0 Å². The number of amides is 2. The molecular formula is C22H20Cl4F2N10O4S2. The molecule has 0 fully saturated rings. The number of thioether (sulfide) groups is 1. The van der Waals surface area contributed by atoms with Gasteiger partial charge in [-0.2, -0.15) is 0 Å². The summed E-state index contributed by atoms with van der Waals surface area (Å²) in [6.07, 6.45) is 0. The van der Waals surface area contributed by atoms with E-state index >= 15 is 0 Å². The van der Waals surface area contributed by atoms with Gasteiger partial charge in [-0.3, -0.25) is 20.2 Å². The number of hydrogen-bond donors (Lipinski definition) is 2. The van der Waals surface area contributed by atoms with E-state index in [4.69, 9.17) is 46.4 Å². The first-order valence-electron chi connectivity index (χ1n) is 11.9. The van der Waals surface area contributed by atoms with Crippen LogP contribution >= 0.6 is 58.2 Å². The SMILES string of the molecule is CCS(=O)(=O)c1c(Cl)cc(F)c(C(=O)Nc2nnnn2C)c1Cl.CCSc1c(Cl)cc(F)c(C(=O)Nc2nnnn2C)c1Cl. The number of sulfone groups is 1. The zero-order valence-corrected chi connectivity index (χ0v) is 27.5. The predicted octanol–water partition coefficient (Wildman–Crippen LogP) is 4.72. The molecule has 2 amide bonds. The van der Waals surface area contributed by atoms with Crippen LogP contribution in [0.25, 0.3) is 0 Å². The highest BCUT2D eigenvalue weighted by Gasteiger charge is 2.29. The summed E-state index contributed by atoms with van der Waals surface area (Å²) in [6.45, 7) is 3.27. The second-order valence-corrected chi connectivity index (χ2v) is 13.3. The highest BCUT2D eigenvalue weighted by Crippen LogP contribution is 2.38. The highest BCUT2D eigenvalue weighted by atomic mass is 35.5. The first-order chi connectivity index (χ1) is 20.6. The molecule has 0 aliphatic rings. The van der Waals surface area contributed by atoms with Crippen molar-refractivity contribution in [2.75, 3.05) is 22.1 Å². The van der Waals surface area contributed by atoms with Gasteiger partial charge in [-0.05, 0) is 38.7 Å². The maximum absolute atomic E-state index is 14.1. The molecule has 0 unspecified atom stereocenters. The van der Waals surface area contributed by atoms with Gasteiger partial charge in [-0.25, -0.2) is 26.6 Å². The van der Waals surface area contributed by atoms with Crippen LogP contribution in [0.1, 0.15) is 34.6 Å². The third-order valence-electron chi connectivity index (χ3n) is 5.38. The summed E-state index contributed by atoms with van der Waals surface area (Å²) in [7, 11) is -0.876. The summed E-state index contributed by atoms with van der Waals surface area (Å²) in [5.41, 5.74) is -0.953. The second kappa shape index (κ2) is 14.7. The van der Waals surface area contributed by atoms with Crippen molar-refractivity contribution in [2.24, 2.45) is 14.1 Å². The lowest BCUT2D eigenvalue weighted by Crippen LogP contribution is -2.19. The number of carbonyl (C=O) groups is 2. The lowest BCUT2D eigenvalue weighted by atomic mass is 10.2. The molecule has 0 atom stereocenters. The number of aryl methyl sites for hydroxylation is 2. The Morgan fingerprint density at radius 3 is 1.70 bits per heavy atom. The van der Waals surface area contributed by atoms with Gasteiger partial charge in [0.2, 0.25) is 11.9 Å². The van der Waals surface area contributed by atoms with Crippen molar-refractivity contribution < 1.29 is 26.8 Å². The minimum absolute atomic E-state index is 0.0283. The first-order valence-corrected chi connectivity index (χ1v) is 16.1. The van der Waals surface area contributed by atoms with E-state index in [1.807, 2.05) is 6.92 Å². The van der Waals surface area contributed by atoms with E-state index in [9.17, 15) is 26.8 Å². The lowest BCUT2D eigenvalue weighted by molar-refractivity contribution is 0.101. The number of anilines is 2. The van der Waals surface area contributed by atoms with Crippen LogP contribution in [0.3, 0.4) is 0 Å². The smallest absolute Gasteiger partial charge is 0.262 e. The van der Waals surface area contributed by atoms with Gasteiger partial charge in [0.05, 0.1) is 37.0 Å². The molecule has 236 valence electrons. The van der Waals surface area contributed by atoms with Crippen molar-refractivity contribution in [3.63, 3.8) is 0 Å². The Morgan fingerprint density at radius 1 is 0.841 bits per heavy atom. The Bertz CT molecular complexity index is 1840. The highest BCUT2D eigenvalue weighted by molar-refractivity contribution is 7.99. The van der Waals surface area contributed by atoms with Crippen LogP contribution in [0.2, 0.25) is 20.1 Å². The Kier molecular flexibility index (Phi) is 11.8. The number of tetrazole rings is 2. The summed E-state index contributed by atoms with van der Waals surface area (Å²) in [6, 6.07) is 1.79. The maximum Gasteiger partial charge on any atom is 0.262 e. The van der Waals surface area contributed by atoms with E-state index in [0.29, 0.717) is 10.6 Å². The number of rotatable bonds is 8. The number of aromatic nitrogens is 8. The summed E-state index contributed by atoms with van der Waals surface area (Å²) in [4.78, 5) is 24.3. The molecular weight excluding hydrogens is 712 g/mol. The Balaban J connectivity index is 0.000000241. The summed E-state index contributed by atoms with van der Waals surface area (Å²) >= 11 is 25.1. The summed E-state index contributed by atoms with van der Waals surface area (Å²) in [5, 5.41) is 24.6. The van der Waals surface area contributed by atoms with Gasteiger partial charge in [0.1, 0.15) is 16.5 Å². The molecule has 0 spiro atoms. The van der Waals surface area contributed by atoms with Crippen molar-refractivity contribution in [3.05, 3.63) is 55.0 Å². The lowest BCUT2D eigenvalue weighted by Gasteiger charge is -2.12. The van der Waals surface area contributed by atoms with Crippen LogP contribution in [0.4, 0.5) is 20.7 Å². The van der Waals surface area contributed by atoms with Gasteiger partial charge >= 0.3 is 0 Å². The fourth-order valence-electron chi connectivity index (χ4n) is 3.27. The molecule has 0 aliphatic carbocycles. The Hall–Kier alpha value is -3.16. The van der Waals surface area contributed by atoms with E-state index in [1.54, 1.807) is 0 Å². The monoisotopic (exact) mass is 730 g/mol. The molecule has 4 rings (SSSR count). The number of benzene rings is 2. The van der Waals surface area contributed by atoms with Gasteiger partial charge in [-0.1, -0.05) is 70.4 Å². The van der Waals surface area contributed by atoms with Crippen molar-refractivity contribution in [1.29, 1.82) is 0 Å². The van der Waals surface area contributed by atoms with E-state index in [0.717, 1.165) is 16.8 Å². The molecule has 0 saturated heterocycles. The van der Waals surface area contributed by atoms with E-state index in [2.05, 4.69) is 41.7 Å². The summed E-state index contributed by atoms with van der Waals surface area (Å²) in [5.74, 6) is -3.25. The van der Waals surface area contributed by atoms with Crippen LogP contribution in [0.5, 0.6) is 0 Å². The molecule has 14 nitrogen and oxygen atoms in total. The second-order valence-electron chi connectivity index (χ2n) is 8.21. The number of nitrogens with zero attached hydrogens (tertiary/aromatic N) is 8. The van der Waals surface area contributed by atoms with Gasteiger partial charge in [0.25, 0.3) is 11.8 Å². The standard InChI is InChI=1S/C11H10Cl2FN5O3S.C11H10Cl2FN5OS/c1-3-23(21,22)9-5(12)4-6(14)7(8(9)13)10(20)15-11-16-17-18-19(11)2;1-3-21-9-5(12)4-6(14)7(8(9)13)10(20)15-11-16-17-18-19(11)2/h4H,3H2,1-2H3,(H,15,16,18,20);4H,3H2,1-2H3,(H,15,16,18,20). The Labute approximate surface area is 272 Å². The maximum atomic E-state index is 14.1. The predicted molar refractivity (Wildman–Crippen MR) is 160 cm³/mol. The van der Waals surface area contributed by atoms with Crippen molar-refractivity contribution in [2.45, 2.75) is 23.6 Å². The van der Waals surface area contributed by atoms with Gasteiger partial charge in [-0.15, -0.1) is 11.8 Å². The molecule has 2 aromatic carbocycles. The average molecular weight is 732 g/mol. The van der Waals surface area contributed by atoms with Crippen LogP contribution < -0.4 is 10.6 Å². The van der Waals surface area contributed by atoms with Crippen molar-refractivity contribution in [1.82, 2.24) is 40.4 Å². The number of carbonyl (C=O) groups excluding carboxylic acids is 2. The molecule has 2 N–H and O–H groups in total. The van der Waals surface area contributed by atoms with E-state index in [1.165, 1.54) is 37.5 Å². The summed E-state index contributed by atoms with van der Waals surface area (Å²) < 4.78 is 54.5. The Morgan fingerprint density at radius 2 is 1.30 bits per heavy atom. The normalized spacial score (nSPS) is 11.1. The molecule has 0 aliphatic heterocycles. The number of hydrogen-bond acceptors (Lipinski definition) is 11. The quantitative estimate of drug-likeness (QED) is 0.189. The van der Waals surface area contributed by atoms with E-state index < -0.39 is 53.8 Å². The molecule has 22 heteroatoms. The third-order valence-corrected chi connectivity index (χ3v) is 9.99. The van der Waals surface area contributed by atoms with Crippen LogP contribution in [-0.4, -0.2) is 72.2 Å². The van der Waals surface area contributed by atoms with Crippen LogP contribution in [0, 0.1) is 11.6 Å². The molecule has 0 bridgehead atoms. The molecule has 4 aromatic rings. The van der Waals surface area contributed by atoms with Gasteiger partial charge < -0.3 is 0 Å². The largest absolute Gasteiger partial charge is 0.289 e.